The summed E-state index contributed by atoms with van der Waals surface area (Å²) in [4.78, 5) is 32.1. The first-order chi connectivity index (χ1) is 8.92. The Morgan fingerprint density at radius 3 is 2.47 bits per heavy atom. The van der Waals surface area contributed by atoms with Crippen LogP contribution < -0.4 is 16.8 Å². The van der Waals surface area contributed by atoms with E-state index in [4.69, 9.17) is 11.5 Å². The first kappa shape index (κ1) is 15.0. The Labute approximate surface area is 114 Å². The Bertz CT molecular complexity index is 461. The van der Waals surface area contributed by atoms with E-state index in [0.717, 1.165) is 11.8 Å². The maximum Gasteiger partial charge on any atom is 0.239 e. The van der Waals surface area contributed by atoms with Crippen LogP contribution in [-0.4, -0.2) is 53.1 Å². The summed E-state index contributed by atoms with van der Waals surface area (Å²) in [7, 11) is 3.06. The summed E-state index contributed by atoms with van der Waals surface area (Å²) in [5, 5.41) is 2.77. The van der Waals surface area contributed by atoms with E-state index in [1.807, 2.05) is 0 Å². The van der Waals surface area contributed by atoms with Crippen LogP contribution in [0.15, 0.2) is 11.2 Å². The topological polar surface area (TPSA) is 127 Å². The van der Waals surface area contributed by atoms with Gasteiger partial charge in [-0.3, -0.25) is 9.59 Å². The molecule has 9 heteroatoms. The summed E-state index contributed by atoms with van der Waals surface area (Å²) >= 11 is 1.11. The molecular formula is C10H16N6O2S. The fourth-order valence-electron chi connectivity index (χ4n) is 1.15. The number of nitrogen functional groups attached to an aromatic ring is 2. The second-order valence-corrected chi connectivity index (χ2v) is 4.65. The first-order valence-electron chi connectivity index (χ1n) is 5.39. The Morgan fingerprint density at radius 1 is 1.37 bits per heavy atom. The van der Waals surface area contributed by atoms with Gasteiger partial charge in [-0.05, 0) is 0 Å². The summed E-state index contributed by atoms with van der Waals surface area (Å²) in [6, 6.07) is 1.43. The van der Waals surface area contributed by atoms with Gasteiger partial charge in [0.15, 0.2) is 5.16 Å². The minimum atomic E-state index is -0.231. The van der Waals surface area contributed by atoms with Crippen molar-refractivity contribution in [3.05, 3.63) is 6.07 Å². The molecule has 2 amide bonds. The van der Waals surface area contributed by atoms with E-state index in [0.29, 0.717) is 5.16 Å². The number of hydrogen-bond donors (Lipinski definition) is 3. The quantitative estimate of drug-likeness (QED) is 0.464. The van der Waals surface area contributed by atoms with Gasteiger partial charge in [0.25, 0.3) is 0 Å². The molecule has 1 aromatic heterocycles. The van der Waals surface area contributed by atoms with Crippen molar-refractivity contribution in [2.45, 2.75) is 5.16 Å². The molecule has 19 heavy (non-hydrogen) atoms. The predicted molar refractivity (Wildman–Crippen MR) is 73.3 cm³/mol. The highest BCUT2D eigenvalue weighted by Crippen LogP contribution is 2.16. The van der Waals surface area contributed by atoms with Gasteiger partial charge in [-0.25, -0.2) is 9.97 Å². The lowest BCUT2D eigenvalue weighted by Crippen LogP contribution is -2.37. The standard InChI is InChI=1S/C10H16N6O2S/c1-13-8(17)4-16(2)9(18)5-19-10-14-6(11)3-7(12)15-10/h3H,4-5H2,1-2H3,(H,13,17)(H4,11,12,14,15). The Morgan fingerprint density at radius 2 is 1.95 bits per heavy atom. The molecule has 1 heterocycles. The molecule has 104 valence electrons. The number of thioether (sulfide) groups is 1. The van der Waals surface area contributed by atoms with E-state index < -0.39 is 0 Å². The molecule has 1 rings (SSSR count). The molecule has 0 aliphatic heterocycles. The van der Waals surface area contributed by atoms with E-state index in [2.05, 4.69) is 15.3 Å². The van der Waals surface area contributed by atoms with Gasteiger partial charge in [0.05, 0.1) is 12.3 Å². The molecule has 0 saturated heterocycles. The molecule has 0 fully saturated rings. The molecule has 1 aromatic rings. The van der Waals surface area contributed by atoms with E-state index in [9.17, 15) is 9.59 Å². The van der Waals surface area contributed by atoms with Crippen molar-refractivity contribution < 1.29 is 9.59 Å². The number of aromatic nitrogens is 2. The van der Waals surface area contributed by atoms with Crippen molar-refractivity contribution in [1.82, 2.24) is 20.2 Å². The molecule has 5 N–H and O–H groups in total. The van der Waals surface area contributed by atoms with Crippen molar-refractivity contribution in [1.29, 1.82) is 0 Å². The third-order valence-electron chi connectivity index (χ3n) is 2.16. The van der Waals surface area contributed by atoms with Crippen molar-refractivity contribution in [3.63, 3.8) is 0 Å². The molecule has 0 atom stereocenters. The normalized spacial score (nSPS) is 10.0. The van der Waals surface area contributed by atoms with Gasteiger partial charge >= 0.3 is 0 Å². The van der Waals surface area contributed by atoms with Crippen LogP contribution in [0.2, 0.25) is 0 Å². The Balaban J connectivity index is 2.51. The van der Waals surface area contributed by atoms with Gasteiger partial charge in [0.2, 0.25) is 11.8 Å². The number of nitrogens with zero attached hydrogens (tertiary/aromatic N) is 3. The minimum absolute atomic E-state index is 0.00974. The number of nitrogens with two attached hydrogens (primary N) is 2. The van der Waals surface area contributed by atoms with Gasteiger partial charge in [-0.2, -0.15) is 0 Å². The lowest BCUT2D eigenvalue weighted by atomic mass is 10.5. The zero-order chi connectivity index (χ0) is 14.4. The van der Waals surface area contributed by atoms with Gasteiger partial charge in [-0.15, -0.1) is 0 Å². The maximum absolute atomic E-state index is 11.7. The van der Waals surface area contributed by atoms with Gasteiger partial charge in [-0.1, -0.05) is 11.8 Å². The van der Waals surface area contributed by atoms with Gasteiger partial charge in [0.1, 0.15) is 11.6 Å². The maximum atomic E-state index is 11.7. The van der Waals surface area contributed by atoms with Crippen LogP contribution in [0.25, 0.3) is 0 Å². The fourth-order valence-corrected chi connectivity index (χ4v) is 1.96. The average molecular weight is 284 g/mol. The lowest BCUT2D eigenvalue weighted by Gasteiger charge is -2.15. The van der Waals surface area contributed by atoms with E-state index >= 15 is 0 Å². The van der Waals surface area contributed by atoms with Crippen LogP contribution in [0, 0.1) is 0 Å². The number of rotatable bonds is 5. The molecule has 0 saturated carbocycles. The highest BCUT2D eigenvalue weighted by Gasteiger charge is 2.13. The molecule has 0 spiro atoms. The number of hydrogen-bond acceptors (Lipinski definition) is 7. The second-order valence-electron chi connectivity index (χ2n) is 3.71. The SMILES string of the molecule is CNC(=O)CN(C)C(=O)CSc1nc(N)cc(N)n1. The number of likely N-dealkylation sites (N-methyl/N-ethyl adjacent to an activating group) is 2. The predicted octanol–water partition coefficient (Wildman–Crippen LogP) is -1.06. The summed E-state index contributed by atoms with van der Waals surface area (Å²) in [5.41, 5.74) is 11.0. The third kappa shape index (κ3) is 5.00. The summed E-state index contributed by atoms with van der Waals surface area (Å²) in [5.74, 6) is 0.168. The number of nitrogens with one attached hydrogen (secondary N) is 1. The highest BCUT2D eigenvalue weighted by atomic mass is 32.2. The van der Waals surface area contributed by atoms with E-state index in [1.165, 1.54) is 18.0 Å². The number of amides is 2. The van der Waals surface area contributed by atoms with Crippen LogP contribution in [0.3, 0.4) is 0 Å². The second kappa shape index (κ2) is 6.78. The van der Waals surface area contributed by atoms with Crippen molar-refractivity contribution in [2.75, 3.05) is 37.9 Å². The molecule has 0 bridgehead atoms. The molecule has 0 aliphatic carbocycles. The summed E-state index contributed by atoms with van der Waals surface area (Å²) < 4.78 is 0. The third-order valence-corrected chi connectivity index (χ3v) is 2.99. The Hall–Kier alpha value is -2.03. The van der Waals surface area contributed by atoms with Crippen LogP contribution in [0.1, 0.15) is 0 Å². The van der Waals surface area contributed by atoms with Gasteiger partial charge in [0, 0.05) is 20.2 Å². The zero-order valence-corrected chi connectivity index (χ0v) is 11.5. The molecule has 0 aromatic carbocycles. The van der Waals surface area contributed by atoms with Crippen molar-refractivity contribution >= 4 is 35.2 Å². The lowest BCUT2D eigenvalue weighted by molar-refractivity contribution is -0.132. The van der Waals surface area contributed by atoms with Crippen LogP contribution in [0.4, 0.5) is 11.6 Å². The number of carbonyl (C=O) groups excluding carboxylic acids is 2. The molecule has 0 aliphatic rings. The van der Waals surface area contributed by atoms with Crippen molar-refractivity contribution in [2.24, 2.45) is 0 Å². The van der Waals surface area contributed by atoms with E-state index in [-0.39, 0.29) is 35.7 Å². The largest absolute Gasteiger partial charge is 0.383 e. The van der Waals surface area contributed by atoms with Crippen LogP contribution in [-0.2, 0) is 9.59 Å². The highest BCUT2D eigenvalue weighted by molar-refractivity contribution is 7.99. The fraction of sp³-hybridized carbons (Fsp3) is 0.400. The Kier molecular flexibility index (Phi) is 5.37. The molecular weight excluding hydrogens is 268 g/mol. The van der Waals surface area contributed by atoms with E-state index in [1.54, 1.807) is 7.05 Å². The first-order valence-corrected chi connectivity index (χ1v) is 6.38. The number of anilines is 2. The van der Waals surface area contributed by atoms with Crippen molar-refractivity contribution in [3.8, 4) is 0 Å². The molecule has 0 unspecified atom stereocenters. The van der Waals surface area contributed by atoms with Gasteiger partial charge < -0.3 is 21.7 Å². The van der Waals surface area contributed by atoms with Crippen LogP contribution >= 0.6 is 11.8 Å². The average Bonchev–Trinajstić information content (AvgIpc) is 2.34. The summed E-state index contributed by atoms with van der Waals surface area (Å²) in [6.07, 6.45) is 0. The molecule has 0 radical (unpaired) electrons. The monoisotopic (exact) mass is 284 g/mol. The van der Waals surface area contributed by atoms with Crippen LogP contribution in [0.5, 0.6) is 0 Å². The summed E-state index contributed by atoms with van der Waals surface area (Å²) in [6.45, 7) is 0.00974. The zero-order valence-electron chi connectivity index (χ0n) is 10.7. The minimum Gasteiger partial charge on any atom is -0.383 e. The smallest absolute Gasteiger partial charge is 0.239 e. The number of carbonyl (C=O) groups is 2. The molecule has 8 nitrogen and oxygen atoms in total.